The molecule has 0 spiro atoms. The van der Waals surface area contributed by atoms with E-state index in [9.17, 15) is 5.11 Å². The molecule has 64 valence electrons. The van der Waals surface area contributed by atoms with Crippen LogP contribution in [-0.4, -0.2) is 16.2 Å². The molecule has 2 nitrogen and oxygen atoms in total. The Labute approximate surface area is 72.3 Å². The van der Waals surface area contributed by atoms with E-state index in [1.807, 2.05) is 13.1 Å². The van der Waals surface area contributed by atoms with Crippen molar-refractivity contribution < 1.29 is 5.11 Å². The molecule has 0 aliphatic heterocycles. The van der Waals surface area contributed by atoms with Crippen LogP contribution < -0.4 is 0 Å². The summed E-state index contributed by atoms with van der Waals surface area (Å²) >= 11 is 0. The van der Waals surface area contributed by atoms with Gasteiger partial charge in [0.05, 0.1) is 6.10 Å². The number of aliphatic hydroxyl groups is 1. The van der Waals surface area contributed by atoms with Crippen molar-refractivity contribution in [3.05, 3.63) is 29.1 Å². The van der Waals surface area contributed by atoms with Crippen LogP contribution in [0.4, 0.5) is 0 Å². The highest BCUT2D eigenvalue weighted by Gasteiger charge is 2.16. The van der Waals surface area contributed by atoms with E-state index in [1.54, 1.807) is 0 Å². The van der Waals surface area contributed by atoms with E-state index in [0.717, 1.165) is 19.3 Å². The van der Waals surface area contributed by atoms with Crippen LogP contribution >= 0.6 is 0 Å². The van der Waals surface area contributed by atoms with Gasteiger partial charge in [-0.2, -0.15) is 0 Å². The van der Waals surface area contributed by atoms with Crippen LogP contribution in [0.15, 0.2) is 12.3 Å². The topological polar surface area (TPSA) is 33.1 Å². The third kappa shape index (κ3) is 1.34. The summed E-state index contributed by atoms with van der Waals surface area (Å²) in [4.78, 5) is 4.34. The van der Waals surface area contributed by atoms with Gasteiger partial charge in [0.25, 0.3) is 0 Å². The minimum atomic E-state index is -0.152. The molecular weight excluding hydrogens is 150 g/mol. The fraction of sp³-hybridized carbons (Fsp3) is 0.500. The van der Waals surface area contributed by atoms with E-state index in [1.165, 1.54) is 16.8 Å². The lowest BCUT2D eigenvalue weighted by Crippen LogP contribution is -2.19. The van der Waals surface area contributed by atoms with Crippen LogP contribution in [0.25, 0.3) is 0 Å². The van der Waals surface area contributed by atoms with Crippen molar-refractivity contribution in [2.45, 2.75) is 32.3 Å². The first kappa shape index (κ1) is 7.74. The lowest BCUT2D eigenvalue weighted by molar-refractivity contribution is 0.157. The Bertz CT molecular complexity index is 296. The highest BCUT2D eigenvalue weighted by molar-refractivity contribution is 5.27. The second kappa shape index (κ2) is 2.87. The Morgan fingerprint density at radius 1 is 1.58 bits per heavy atom. The van der Waals surface area contributed by atoms with Crippen molar-refractivity contribution in [2.24, 2.45) is 0 Å². The van der Waals surface area contributed by atoms with Gasteiger partial charge in [-0.25, -0.2) is 0 Å². The smallest absolute Gasteiger partial charge is 0.0585 e. The Morgan fingerprint density at radius 2 is 2.42 bits per heavy atom. The van der Waals surface area contributed by atoms with Crippen molar-refractivity contribution in [1.82, 2.24) is 4.98 Å². The zero-order valence-electron chi connectivity index (χ0n) is 7.25. The molecule has 1 aliphatic carbocycles. The van der Waals surface area contributed by atoms with E-state index >= 15 is 0 Å². The number of fused-ring (bicyclic) bond motifs is 1. The molecule has 1 N–H and O–H groups in total. The number of nitrogens with zero attached hydrogens (tertiary/aromatic N) is 1. The Morgan fingerprint density at radius 3 is 3.25 bits per heavy atom. The second-order valence-electron chi connectivity index (χ2n) is 3.52. The van der Waals surface area contributed by atoms with Crippen LogP contribution in [0.1, 0.15) is 23.2 Å². The van der Waals surface area contributed by atoms with Crippen molar-refractivity contribution in [1.29, 1.82) is 0 Å². The SMILES string of the molecule is Cc1cnc2c(c1)CC(O)CC2. The van der Waals surface area contributed by atoms with Crippen LogP contribution in [0.5, 0.6) is 0 Å². The van der Waals surface area contributed by atoms with Gasteiger partial charge in [-0.1, -0.05) is 6.07 Å². The molecule has 1 unspecified atom stereocenters. The van der Waals surface area contributed by atoms with Crippen LogP contribution in [0, 0.1) is 6.92 Å². The van der Waals surface area contributed by atoms with Gasteiger partial charge in [-0.15, -0.1) is 0 Å². The van der Waals surface area contributed by atoms with Crippen LogP contribution in [-0.2, 0) is 12.8 Å². The zero-order valence-corrected chi connectivity index (χ0v) is 7.25. The maximum Gasteiger partial charge on any atom is 0.0585 e. The number of aliphatic hydroxyl groups excluding tert-OH is 1. The third-order valence-corrected chi connectivity index (χ3v) is 2.37. The van der Waals surface area contributed by atoms with Gasteiger partial charge in [0, 0.05) is 18.3 Å². The quantitative estimate of drug-likeness (QED) is 0.624. The van der Waals surface area contributed by atoms with E-state index in [2.05, 4.69) is 11.1 Å². The molecule has 1 aromatic heterocycles. The first-order valence-electron chi connectivity index (χ1n) is 4.38. The summed E-state index contributed by atoms with van der Waals surface area (Å²) in [6, 6.07) is 2.13. The van der Waals surface area contributed by atoms with E-state index in [4.69, 9.17) is 0 Å². The average molecular weight is 163 g/mol. The van der Waals surface area contributed by atoms with Gasteiger partial charge < -0.3 is 5.11 Å². The van der Waals surface area contributed by atoms with E-state index in [0.29, 0.717) is 0 Å². The summed E-state index contributed by atoms with van der Waals surface area (Å²) in [5.41, 5.74) is 3.59. The highest BCUT2D eigenvalue weighted by Crippen LogP contribution is 2.19. The summed E-state index contributed by atoms with van der Waals surface area (Å²) in [5.74, 6) is 0. The minimum Gasteiger partial charge on any atom is -0.393 e. The highest BCUT2D eigenvalue weighted by atomic mass is 16.3. The molecule has 0 amide bonds. The second-order valence-corrected chi connectivity index (χ2v) is 3.52. The van der Waals surface area contributed by atoms with Gasteiger partial charge in [-0.05, 0) is 30.9 Å². The summed E-state index contributed by atoms with van der Waals surface area (Å²) in [5, 5.41) is 9.42. The summed E-state index contributed by atoms with van der Waals surface area (Å²) < 4.78 is 0. The van der Waals surface area contributed by atoms with Crippen molar-refractivity contribution in [3.8, 4) is 0 Å². The maximum absolute atomic E-state index is 9.42. The maximum atomic E-state index is 9.42. The van der Waals surface area contributed by atoms with Crippen molar-refractivity contribution in [3.63, 3.8) is 0 Å². The van der Waals surface area contributed by atoms with Gasteiger partial charge in [0.1, 0.15) is 0 Å². The zero-order chi connectivity index (χ0) is 8.55. The van der Waals surface area contributed by atoms with E-state index in [-0.39, 0.29) is 6.10 Å². The normalized spacial score (nSPS) is 22.0. The molecule has 1 heterocycles. The number of hydrogen-bond acceptors (Lipinski definition) is 2. The molecule has 1 atom stereocenters. The predicted octanol–water partition coefficient (Wildman–Crippen LogP) is 1.24. The molecular formula is C10H13NO. The molecule has 1 aliphatic rings. The monoisotopic (exact) mass is 163 g/mol. The molecule has 0 saturated carbocycles. The standard InChI is InChI=1S/C10H13NO/c1-7-4-8-5-9(12)2-3-10(8)11-6-7/h4,6,9,12H,2-3,5H2,1H3. The molecule has 2 rings (SSSR count). The number of aromatic nitrogens is 1. The Kier molecular flexibility index (Phi) is 1.85. The number of rotatable bonds is 0. The molecule has 0 aromatic carbocycles. The fourth-order valence-corrected chi connectivity index (χ4v) is 1.72. The first-order chi connectivity index (χ1) is 5.75. The fourth-order valence-electron chi connectivity index (χ4n) is 1.72. The van der Waals surface area contributed by atoms with Gasteiger partial charge in [0.2, 0.25) is 0 Å². The lowest BCUT2D eigenvalue weighted by Gasteiger charge is -2.19. The molecule has 1 aromatic rings. The molecule has 12 heavy (non-hydrogen) atoms. The molecule has 0 saturated heterocycles. The number of pyridine rings is 1. The Hall–Kier alpha value is -0.890. The third-order valence-electron chi connectivity index (χ3n) is 2.37. The molecule has 0 bridgehead atoms. The van der Waals surface area contributed by atoms with Gasteiger partial charge in [0.15, 0.2) is 0 Å². The predicted molar refractivity (Wildman–Crippen MR) is 47.0 cm³/mol. The summed E-state index contributed by atoms with van der Waals surface area (Å²) in [7, 11) is 0. The number of hydrogen-bond donors (Lipinski definition) is 1. The molecule has 0 fully saturated rings. The van der Waals surface area contributed by atoms with Crippen molar-refractivity contribution in [2.75, 3.05) is 0 Å². The minimum absolute atomic E-state index is 0.152. The Balaban J connectivity index is 2.37. The summed E-state index contributed by atoms with van der Waals surface area (Å²) in [6.07, 6.45) is 4.32. The summed E-state index contributed by atoms with van der Waals surface area (Å²) in [6.45, 7) is 2.04. The van der Waals surface area contributed by atoms with E-state index < -0.39 is 0 Å². The average Bonchev–Trinajstić information content (AvgIpc) is 2.03. The van der Waals surface area contributed by atoms with Crippen LogP contribution in [0.2, 0.25) is 0 Å². The van der Waals surface area contributed by atoms with Crippen LogP contribution in [0.3, 0.4) is 0 Å². The molecule has 0 radical (unpaired) electrons. The lowest BCUT2D eigenvalue weighted by atomic mass is 9.93. The largest absolute Gasteiger partial charge is 0.393 e. The van der Waals surface area contributed by atoms with Crippen molar-refractivity contribution >= 4 is 0 Å². The first-order valence-corrected chi connectivity index (χ1v) is 4.38. The number of aryl methyl sites for hydroxylation is 2. The molecule has 2 heteroatoms. The van der Waals surface area contributed by atoms with Gasteiger partial charge in [-0.3, -0.25) is 4.98 Å². The van der Waals surface area contributed by atoms with Gasteiger partial charge >= 0.3 is 0 Å².